The highest BCUT2D eigenvalue weighted by Gasteiger charge is 2.39. The Morgan fingerprint density at radius 3 is 2.91 bits per heavy atom. The molecule has 0 bridgehead atoms. The summed E-state index contributed by atoms with van der Waals surface area (Å²) in [5.41, 5.74) is 0. The predicted molar refractivity (Wildman–Crippen MR) is 89.2 cm³/mol. The molecule has 1 amide bonds. The molecule has 10 heteroatoms. The van der Waals surface area contributed by atoms with Gasteiger partial charge in [0.25, 0.3) is 10.0 Å². The Morgan fingerprint density at radius 1 is 1.48 bits per heavy atom. The van der Waals surface area contributed by atoms with E-state index in [-0.39, 0.29) is 15.9 Å². The van der Waals surface area contributed by atoms with Gasteiger partial charge in [-0.15, -0.1) is 23.1 Å². The first-order valence-corrected chi connectivity index (χ1v) is 10.5. The number of thiophene rings is 1. The van der Waals surface area contributed by atoms with Crippen molar-refractivity contribution in [2.45, 2.75) is 23.1 Å². The Labute approximate surface area is 143 Å². The van der Waals surface area contributed by atoms with Crippen LogP contribution in [0.2, 0.25) is 0 Å². The Kier molecular flexibility index (Phi) is 6.45. The Bertz CT molecular complexity index is 645. The highest BCUT2D eigenvalue weighted by molar-refractivity contribution is 7.99. The van der Waals surface area contributed by atoms with Crippen LogP contribution < -0.4 is 5.32 Å². The van der Waals surface area contributed by atoms with Crippen LogP contribution in [0.3, 0.4) is 0 Å². The number of nitrogens with one attached hydrogen (secondary N) is 1. The monoisotopic (exact) mass is 378 g/mol. The zero-order valence-corrected chi connectivity index (χ0v) is 14.8. The van der Waals surface area contributed by atoms with Crippen LogP contribution in [0.5, 0.6) is 0 Å². The minimum Gasteiger partial charge on any atom is -0.481 e. The third-order valence-electron chi connectivity index (χ3n) is 3.34. The molecule has 1 atom stereocenters. The van der Waals surface area contributed by atoms with E-state index in [1.165, 1.54) is 22.1 Å². The van der Waals surface area contributed by atoms with Crippen molar-refractivity contribution in [1.29, 1.82) is 0 Å². The first kappa shape index (κ1) is 18.2. The Hall–Kier alpha value is -1.10. The smallest absolute Gasteiger partial charge is 0.313 e. The number of carboxylic acid groups (broad SMARTS) is 1. The van der Waals surface area contributed by atoms with Gasteiger partial charge in [-0.3, -0.25) is 9.59 Å². The number of sulfonamides is 1. The molecule has 0 aromatic carbocycles. The average molecular weight is 378 g/mol. The van der Waals surface area contributed by atoms with Gasteiger partial charge in [0.2, 0.25) is 5.91 Å². The fraction of sp³-hybridized carbons (Fsp3) is 0.538. The van der Waals surface area contributed by atoms with Crippen LogP contribution in [0.25, 0.3) is 0 Å². The van der Waals surface area contributed by atoms with Crippen molar-refractivity contribution in [2.75, 3.05) is 24.6 Å². The number of amides is 1. The molecule has 0 saturated carbocycles. The van der Waals surface area contributed by atoms with E-state index in [4.69, 9.17) is 5.11 Å². The maximum atomic E-state index is 12.5. The standard InChI is InChI=1S/C13H18N2O5S3/c16-11(17)9-21-8-5-14-13(18)10-3-1-6-15(10)23(19,20)12-4-2-7-22-12/h2,4,7,10H,1,3,5-6,8-9H2,(H,14,18)(H,16,17). The Morgan fingerprint density at radius 2 is 2.26 bits per heavy atom. The fourth-order valence-electron chi connectivity index (χ4n) is 2.34. The highest BCUT2D eigenvalue weighted by atomic mass is 32.2. The number of hydrogen-bond donors (Lipinski definition) is 2. The molecule has 1 unspecified atom stereocenters. The first-order chi connectivity index (χ1) is 10.9. The number of carbonyl (C=O) groups excluding carboxylic acids is 1. The molecule has 0 radical (unpaired) electrons. The van der Waals surface area contributed by atoms with Crippen LogP contribution in [0.4, 0.5) is 0 Å². The van der Waals surface area contributed by atoms with Gasteiger partial charge in [-0.1, -0.05) is 6.07 Å². The molecule has 7 nitrogen and oxygen atoms in total. The topological polar surface area (TPSA) is 104 Å². The number of thioether (sulfide) groups is 1. The minimum atomic E-state index is -3.63. The summed E-state index contributed by atoms with van der Waals surface area (Å²) in [5, 5.41) is 12.9. The van der Waals surface area contributed by atoms with Gasteiger partial charge in [0, 0.05) is 18.8 Å². The second kappa shape index (κ2) is 8.13. The fourth-order valence-corrected chi connectivity index (χ4v) is 5.68. The van der Waals surface area contributed by atoms with Crippen LogP contribution in [-0.2, 0) is 19.6 Å². The first-order valence-electron chi connectivity index (χ1n) is 7.05. The van der Waals surface area contributed by atoms with Gasteiger partial charge in [0.1, 0.15) is 10.3 Å². The Balaban J connectivity index is 1.91. The van der Waals surface area contributed by atoms with E-state index >= 15 is 0 Å². The quantitative estimate of drug-likeness (QED) is 0.650. The number of rotatable bonds is 8. The van der Waals surface area contributed by atoms with Gasteiger partial charge in [-0.2, -0.15) is 4.31 Å². The lowest BCUT2D eigenvalue weighted by Crippen LogP contribution is -2.46. The third-order valence-corrected chi connectivity index (χ3v) is 7.56. The van der Waals surface area contributed by atoms with Crippen molar-refractivity contribution in [3.8, 4) is 0 Å². The molecule has 2 heterocycles. The lowest BCUT2D eigenvalue weighted by Gasteiger charge is -2.22. The van der Waals surface area contributed by atoms with Crippen molar-refractivity contribution in [3.05, 3.63) is 17.5 Å². The zero-order valence-electron chi connectivity index (χ0n) is 12.3. The van der Waals surface area contributed by atoms with Crippen molar-refractivity contribution in [3.63, 3.8) is 0 Å². The second-order valence-corrected chi connectivity index (χ2v) is 9.11. The summed E-state index contributed by atoms with van der Waals surface area (Å²) in [4.78, 5) is 22.6. The molecule has 23 heavy (non-hydrogen) atoms. The molecule has 0 spiro atoms. The highest BCUT2D eigenvalue weighted by Crippen LogP contribution is 2.28. The maximum absolute atomic E-state index is 12.5. The van der Waals surface area contributed by atoms with Crippen LogP contribution in [-0.4, -0.2) is 60.3 Å². The second-order valence-electron chi connectivity index (χ2n) is 4.94. The summed E-state index contributed by atoms with van der Waals surface area (Å²) in [6, 6.07) is 2.52. The SMILES string of the molecule is O=C(O)CSCCNC(=O)C1CCCN1S(=O)(=O)c1cccs1. The normalized spacial score (nSPS) is 18.9. The van der Waals surface area contributed by atoms with Gasteiger partial charge in [0.15, 0.2) is 0 Å². The largest absolute Gasteiger partial charge is 0.481 e. The summed E-state index contributed by atoms with van der Waals surface area (Å²) in [5.74, 6) is -0.760. The van der Waals surface area contributed by atoms with Crippen molar-refractivity contribution >= 4 is 45.0 Å². The van der Waals surface area contributed by atoms with Crippen molar-refractivity contribution in [1.82, 2.24) is 9.62 Å². The van der Waals surface area contributed by atoms with Crippen LogP contribution in [0.15, 0.2) is 21.7 Å². The molecule has 1 saturated heterocycles. The third kappa shape index (κ3) is 4.69. The summed E-state index contributed by atoms with van der Waals surface area (Å²) in [6.45, 7) is 0.659. The van der Waals surface area contributed by atoms with E-state index in [1.807, 2.05) is 0 Å². The predicted octanol–water partition coefficient (Wildman–Crippen LogP) is 0.835. The molecule has 2 N–H and O–H groups in total. The molecule has 1 aliphatic heterocycles. The molecule has 1 fully saturated rings. The summed E-state index contributed by atoms with van der Waals surface area (Å²) < 4.78 is 26.6. The van der Waals surface area contributed by atoms with E-state index in [0.29, 0.717) is 31.7 Å². The van der Waals surface area contributed by atoms with Crippen LogP contribution in [0.1, 0.15) is 12.8 Å². The molecule has 1 aromatic heterocycles. The summed E-state index contributed by atoms with van der Waals surface area (Å²) in [6.07, 6.45) is 1.15. The average Bonchev–Trinajstić information content (AvgIpc) is 3.18. The molecular weight excluding hydrogens is 360 g/mol. The number of carbonyl (C=O) groups is 2. The number of carboxylic acids is 1. The van der Waals surface area contributed by atoms with Gasteiger partial charge in [-0.25, -0.2) is 8.42 Å². The molecular formula is C13H18N2O5S3. The van der Waals surface area contributed by atoms with E-state index in [9.17, 15) is 18.0 Å². The van der Waals surface area contributed by atoms with E-state index in [2.05, 4.69) is 5.32 Å². The minimum absolute atomic E-state index is 0.0157. The molecule has 1 aliphatic rings. The molecule has 128 valence electrons. The number of nitrogens with zero attached hydrogens (tertiary/aromatic N) is 1. The molecule has 1 aromatic rings. The number of aliphatic carboxylic acids is 1. The van der Waals surface area contributed by atoms with Crippen molar-refractivity contribution < 1.29 is 23.1 Å². The van der Waals surface area contributed by atoms with Gasteiger partial charge < -0.3 is 10.4 Å². The molecule has 2 rings (SSSR count). The zero-order chi connectivity index (χ0) is 16.9. The van der Waals surface area contributed by atoms with Gasteiger partial charge in [-0.05, 0) is 24.3 Å². The summed E-state index contributed by atoms with van der Waals surface area (Å²) >= 11 is 2.34. The lowest BCUT2D eigenvalue weighted by molar-refractivity contribution is -0.133. The van der Waals surface area contributed by atoms with E-state index < -0.39 is 22.0 Å². The maximum Gasteiger partial charge on any atom is 0.313 e. The van der Waals surface area contributed by atoms with Crippen LogP contribution >= 0.6 is 23.1 Å². The van der Waals surface area contributed by atoms with Crippen molar-refractivity contribution in [2.24, 2.45) is 0 Å². The van der Waals surface area contributed by atoms with Gasteiger partial charge >= 0.3 is 5.97 Å². The molecule has 0 aliphatic carbocycles. The van der Waals surface area contributed by atoms with E-state index in [0.717, 1.165) is 11.3 Å². The lowest BCUT2D eigenvalue weighted by atomic mass is 10.2. The van der Waals surface area contributed by atoms with Gasteiger partial charge in [0.05, 0.1) is 5.75 Å². The summed E-state index contributed by atoms with van der Waals surface area (Å²) in [7, 11) is -3.63. The van der Waals surface area contributed by atoms with E-state index in [1.54, 1.807) is 11.4 Å². The number of hydrogen-bond acceptors (Lipinski definition) is 6. The van der Waals surface area contributed by atoms with Crippen LogP contribution in [0, 0.1) is 0 Å².